The number of nitrogens with zero attached hydrogens (tertiary/aromatic N) is 4. The van der Waals surface area contributed by atoms with E-state index in [0.29, 0.717) is 18.7 Å². The van der Waals surface area contributed by atoms with Crippen LogP contribution in [0, 0.1) is 5.82 Å². The number of benzene rings is 2. The summed E-state index contributed by atoms with van der Waals surface area (Å²) in [7, 11) is 0. The molecule has 0 saturated carbocycles. The molecule has 0 aliphatic rings. The molecule has 0 aliphatic carbocycles. The van der Waals surface area contributed by atoms with Crippen molar-refractivity contribution in [3.8, 4) is 5.69 Å². The fourth-order valence-electron chi connectivity index (χ4n) is 2.22. The van der Waals surface area contributed by atoms with Gasteiger partial charge in [-0.3, -0.25) is 4.79 Å². The highest BCUT2D eigenvalue weighted by atomic mass is 19.1. The molecule has 23 heavy (non-hydrogen) atoms. The van der Waals surface area contributed by atoms with Gasteiger partial charge in [-0.2, -0.15) is 4.68 Å². The maximum Gasteiger partial charge on any atom is 0.253 e. The van der Waals surface area contributed by atoms with Gasteiger partial charge >= 0.3 is 0 Å². The van der Waals surface area contributed by atoms with Crippen molar-refractivity contribution in [2.24, 2.45) is 0 Å². The zero-order chi connectivity index (χ0) is 16.1. The maximum atomic E-state index is 13.5. The lowest BCUT2D eigenvalue weighted by atomic mass is 10.1. The average molecular weight is 311 g/mol. The van der Waals surface area contributed by atoms with Crippen LogP contribution in [-0.4, -0.2) is 32.7 Å². The quantitative estimate of drug-likeness (QED) is 0.779. The molecule has 3 rings (SSSR count). The van der Waals surface area contributed by atoms with Crippen molar-refractivity contribution >= 4 is 5.91 Å². The molecule has 1 N–H and O–H groups in total. The van der Waals surface area contributed by atoms with Crippen molar-refractivity contribution in [1.82, 2.24) is 25.5 Å². The van der Waals surface area contributed by atoms with E-state index in [9.17, 15) is 9.18 Å². The molecule has 3 aromatic rings. The molecule has 0 fully saturated rings. The minimum Gasteiger partial charge on any atom is -0.352 e. The third kappa shape index (κ3) is 3.57. The molecule has 1 aromatic heterocycles. The summed E-state index contributed by atoms with van der Waals surface area (Å²) in [5, 5.41) is 13.6. The number of halogens is 1. The molecule has 0 bridgehead atoms. The largest absolute Gasteiger partial charge is 0.352 e. The number of carbonyl (C=O) groups excluding carboxylic acids is 1. The summed E-state index contributed by atoms with van der Waals surface area (Å²) < 4.78 is 14.8. The Morgan fingerprint density at radius 3 is 2.74 bits per heavy atom. The predicted molar refractivity (Wildman–Crippen MR) is 81.6 cm³/mol. The van der Waals surface area contributed by atoms with E-state index in [0.717, 1.165) is 5.56 Å². The summed E-state index contributed by atoms with van der Waals surface area (Å²) >= 11 is 0. The first-order chi connectivity index (χ1) is 11.2. The third-order valence-corrected chi connectivity index (χ3v) is 3.34. The molecule has 116 valence electrons. The Labute approximate surface area is 132 Å². The number of rotatable bonds is 5. The Balaban J connectivity index is 1.73. The lowest BCUT2D eigenvalue weighted by molar-refractivity contribution is 0.0953. The van der Waals surface area contributed by atoms with Gasteiger partial charge in [0.2, 0.25) is 0 Å². The second-order valence-corrected chi connectivity index (χ2v) is 4.91. The van der Waals surface area contributed by atoms with E-state index in [-0.39, 0.29) is 11.5 Å². The normalized spacial score (nSPS) is 10.5. The van der Waals surface area contributed by atoms with Gasteiger partial charge in [-0.15, -0.1) is 5.10 Å². The first kappa shape index (κ1) is 14.8. The molecule has 2 aromatic carbocycles. The molecular weight excluding hydrogens is 297 g/mol. The molecule has 0 radical (unpaired) electrons. The van der Waals surface area contributed by atoms with Crippen LogP contribution in [0.15, 0.2) is 54.9 Å². The number of nitrogens with one attached hydrogen (secondary N) is 1. The number of tetrazole rings is 1. The van der Waals surface area contributed by atoms with Gasteiger partial charge in [0.15, 0.2) is 0 Å². The second kappa shape index (κ2) is 6.78. The van der Waals surface area contributed by atoms with Crippen LogP contribution in [0.3, 0.4) is 0 Å². The highest BCUT2D eigenvalue weighted by Gasteiger charge is 2.14. The van der Waals surface area contributed by atoms with Crippen LogP contribution in [0.4, 0.5) is 4.39 Å². The number of aromatic nitrogens is 4. The number of hydrogen-bond donors (Lipinski definition) is 1. The third-order valence-electron chi connectivity index (χ3n) is 3.34. The Morgan fingerprint density at radius 1 is 1.17 bits per heavy atom. The van der Waals surface area contributed by atoms with Crippen molar-refractivity contribution in [2.75, 3.05) is 6.54 Å². The van der Waals surface area contributed by atoms with Gasteiger partial charge in [0.25, 0.3) is 5.91 Å². The fourth-order valence-corrected chi connectivity index (χ4v) is 2.22. The van der Waals surface area contributed by atoms with Gasteiger partial charge in [-0.25, -0.2) is 4.39 Å². The second-order valence-electron chi connectivity index (χ2n) is 4.91. The molecular formula is C16H14FN5O. The van der Waals surface area contributed by atoms with Gasteiger partial charge in [0, 0.05) is 6.54 Å². The Morgan fingerprint density at radius 2 is 2.00 bits per heavy atom. The summed E-state index contributed by atoms with van der Waals surface area (Å²) in [5.74, 6) is -0.860. The first-order valence-corrected chi connectivity index (χ1v) is 7.09. The van der Waals surface area contributed by atoms with Crippen LogP contribution >= 0.6 is 0 Å². The van der Waals surface area contributed by atoms with Gasteiger partial charge in [0.05, 0.1) is 11.3 Å². The van der Waals surface area contributed by atoms with Gasteiger partial charge < -0.3 is 5.32 Å². The highest BCUT2D eigenvalue weighted by Crippen LogP contribution is 2.15. The highest BCUT2D eigenvalue weighted by molar-refractivity contribution is 5.97. The average Bonchev–Trinajstić information content (AvgIpc) is 3.10. The number of amides is 1. The SMILES string of the molecule is O=C(NCCc1ccccc1)c1cc(F)ccc1-n1cnnn1. The summed E-state index contributed by atoms with van der Waals surface area (Å²) in [6.07, 6.45) is 2.05. The standard InChI is InChI=1S/C16H14FN5O/c17-13-6-7-15(22-11-19-20-21-22)14(10-13)16(23)18-9-8-12-4-2-1-3-5-12/h1-7,10-11H,8-9H2,(H,18,23). The monoisotopic (exact) mass is 311 g/mol. The zero-order valence-corrected chi connectivity index (χ0v) is 12.2. The smallest absolute Gasteiger partial charge is 0.253 e. The Hall–Kier alpha value is -3.09. The summed E-state index contributed by atoms with van der Waals surface area (Å²) in [5.41, 5.74) is 1.73. The van der Waals surface area contributed by atoms with Crippen molar-refractivity contribution in [3.63, 3.8) is 0 Å². The molecule has 0 aliphatic heterocycles. The summed E-state index contributed by atoms with van der Waals surface area (Å²) in [6, 6.07) is 13.7. The lowest BCUT2D eigenvalue weighted by Gasteiger charge is -2.10. The molecule has 0 unspecified atom stereocenters. The zero-order valence-electron chi connectivity index (χ0n) is 12.2. The molecule has 0 saturated heterocycles. The van der Waals surface area contributed by atoms with E-state index in [2.05, 4.69) is 20.8 Å². The molecule has 1 amide bonds. The van der Waals surface area contributed by atoms with Gasteiger partial charge in [-0.05, 0) is 40.6 Å². The van der Waals surface area contributed by atoms with Crippen LogP contribution in [0.5, 0.6) is 0 Å². The molecule has 0 atom stereocenters. The minimum absolute atomic E-state index is 0.186. The molecule has 1 heterocycles. The van der Waals surface area contributed by atoms with E-state index < -0.39 is 5.82 Å². The van der Waals surface area contributed by atoms with Crippen LogP contribution in [-0.2, 0) is 6.42 Å². The van der Waals surface area contributed by atoms with Crippen LogP contribution in [0.2, 0.25) is 0 Å². The predicted octanol–water partition coefficient (Wildman–Crippen LogP) is 1.77. The topological polar surface area (TPSA) is 72.7 Å². The van der Waals surface area contributed by atoms with Gasteiger partial charge in [-0.1, -0.05) is 30.3 Å². The van der Waals surface area contributed by atoms with Crippen molar-refractivity contribution in [1.29, 1.82) is 0 Å². The van der Waals surface area contributed by atoms with Crippen molar-refractivity contribution in [2.45, 2.75) is 6.42 Å². The fraction of sp³-hybridized carbons (Fsp3) is 0.125. The van der Waals surface area contributed by atoms with E-state index >= 15 is 0 Å². The molecule has 6 nitrogen and oxygen atoms in total. The summed E-state index contributed by atoms with van der Waals surface area (Å²) in [4.78, 5) is 12.3. The minimum atomic E-state index is -0.491. The number of carbonyl (C=O) groups is 1. The van der Waals surface area contributed by atoms with Crippen molar-refractivity contribution in [3.05, 3.63) is 71.8 Å². The first-order valence-electron chi connectivity index (χ1n) is 7.09. The Bertz CT molecular complexity index is 789. The molecule has 0 spiro atoms. The molecule has 7 heteroatoms. The maximum absolute atomic E-state index is 13.5. The lowest BCUT2D eigenvalue weighted by Crippen LogP contribution is -2.27. The Kier molecular flexibility index (Phi) is 4.37. The van der Waals surface area contributed by atoms with Crippen LogP contribution in [0.1, 0.15) is 15.9 Å². The van der Waals surface area contributed by atoms with E-state index in [4.69, 9.17) is 0 Å². The van der Waals surface area contributed by atoms with E-state index in [1.807, 2.05) is 30.3 Å². The van der Waals surface area contributed by atoms with E-state index in [1.165, 1.54) is 29.2 Å². The number of hydrogen-bond acceptors (Lipinski definition) is 4. The van der Waals surface area contributed by atoms with Crippen LogP contribution in [0.25, 0.3) is 5.69 Å². The summed E-state index contributed by atoms with van der Waals surface area (Å²) in [6.45, 7) is 0.453. The van der Waals surface area contributed by atoms with Crippen molar-refractivity contribution < 1.29 is 9.18 Å². The van der Waals surface area contributed by atoms with Gasteiger partial charge in [0.1, 0.15) is 12.1 Å². The van der Waals surface area contributed by atoms with Crippen LogP contribution < -0.4 is 5.32 Å². The van der Waals surface area contributed by atoms with E-state index in [1.54, 1.807) is 0 Å².